The van der Waals surface area contributed by atoms with Crippen LogP contribution in [0.4, 0.5) is 10.1 Å². The highest BCUT2D eigenvalue weighted by atomic mass is 35.5. The summed E-state index contributed by atoms with van der Waals surface area (Å²) >= 11 is 5.79. The highest BCUT2D eigenvalue weighted by Crippen LogP contribution is 2.55. The van der Waals surface area contributed by atoms with Gasteiger partial charge < -0.3 is 11.1 Å². The topological polar surface area (TPSA) is 80.4 Å². The number of carbonyl (C=O) groups is 1. The van der Waals surface area contributed by atoms with Gasteiger partial charge in [-0.25, -0.2) is 9.37 Å². The molecule has 27 heavy (non-hydrogen) atoms. The summed E-state index contributed by atoms with van der Waals surface area (Å²) in [6.45, 7) is 1.89. The molecule has 1 amide bonds. The van der Waals surface area contributed by atoms with E-state index in [1.54, 1.807) is 12.1 Å². The maximum Gasteiger partial charge on any atom is 0.274 e. The quantitative estimate of drug-likeness (QED) is 0.826. The Bertz CT molecular complexity index is 939. The lowest BCUT2D eigenvalue weighted by molar-refractivity contribution is 0.102. The number of amidine groups is 1. The SMILES string of the molecule is C[C@@]1(c2cc(NC(=O)c3ccc(Cl)cn3)ccc2F)CCC2(CC2)C(N)=N1. The van der Waals surface area contributed by atoms with Crippen LogP contribution >= 0.6 is 11.6 Å². The number of nitrogens with two attached hydrogens (primary N) is 1. The van der Waals surface area contributed by atoms with Crippen LogP contribution in [0, 0.1) is 11.2 Å². The second-order valence-corrected chi connectivity index (χ2v) is 8.00. The number of rotatable bonds is 3. The normalized spacial score (nSPS) is 23.0. The van der Waals surface area contributed by atoms with E-state index in [1.807, 2.05) is 6.92 Å². The number of anilines is 1. The van der Waals surface area contributed by atoms with Crippen LogP contribution in [0.1, 0.15) is 48.7 Å². The Labute approximate surface area is 161 Å². The number of nitrogens with one attached hydrogen (secondary N) is 1. The molecule has 7 heteroatoms. The maximum atomic E-state index is 14.6. The zero-order valence-electron chi connectivity index (χ0n) is 14.9. The Balaban J connectivity index is 1.61. The predicted octanol–water partition coefficient (Wildman–Crippen LogP) is 4.27. The average molecular weight is 387 g/mol. The van der Waals surface area contributed by atoms with Gasteiger partial charge in [0, 0.05) is 22.9 Å². The van der Waals surface area contributed by atoms with Crippen molar-refractivity contribution in [1.82, 2.24) is 4.98 Å². The van der Waals surface area contributed by atoms with E-state index in [0.717, 1.165) is 25.7 Å². The monoisotopic (exact) mass is 386 g/mol. The third-order valence-corrected chi connectivity index (χ3v) is 5.84. The van der Waals surface area contributed by atoms with Crippen molar-refractivity contribution in [3.05, 3.63) is 58.6 Å². The number of pyridine rings is 1. The summed E-state index contributed by atoms with van der Waals surface area (Å²) < 4.78 is 14.6. The fourth-order valence-corrected chi connectivity index (χ4v) is 3.74. The fraction of sp³-hybridized carbons (Fsp3) is 0.350. The molecule has 1 aromatic heterocycles. The molecular formula is C20H20ClFN4O. The van der Waals surface area contributed by atoms with Gasteiger partial charge in [0.15, 0.2) is 0 Å². The first-order chi connectivity index (χ1) is 12.8. The van der Waals surface area contributed by atoms with Crippen LogP contribution < -0.4 is 11.1 Å². The molecule has 1 aromatic carbocycles. The third-order valence-electron chi connectivity index (χ3n) is 5.62. The number of benzene rings is 1. The number of hydrogen-bond acceptors (Lipinski definition) is 4. The van der Waals surface area contributed by atoms with Crippen molar-refractivity contribution in [1.29, 1.82) is 0 Å². The number of amides is 1. The Morgan fingerprint density at radius 2 is 1.96 bits per heavy atom. The molecule has 0 bridgehead atoms. The number of halogens is 2. The van der Waals surface area contributed by atoms with Crippen LogP contribution in [0.15, 0.2) is 41.5 Å². The van der Waals surface area contributed by atoms with E-state index in [0.29, 0.717) is 22.1 Å². The van der Waals surface area contributed by atoms with Crippen molar-refractivity contribution in [3.8, 4) is 0 Å². The molecule has 5 nitrogen and oxygen atoms in total. The summed E-state index contributed by atoms with van der Waals surface area (Å²) in [6.07, 6.45) is 5.15. The van der Waals surface area contributed by atoms with Crippen LogP contribution in [0.2, 0.25) is 5.02 Å². The zero-order chi connectivity index (χ0) is 19.2. The Morgan fingerprint density at radius 1 is 1.22 bits per heavy atom. The van der Waals surface area contributed by atoms with Gasteiger partial charge in [-0.1, -0.05) is 11.6 Å². The van der Waals surface area contributed by atoms with E-state index in [9.17, 15) is 9.18 Å². The van der Waals surface area contributed by atoms with Crippen molar-refractivity contribution in [2.75, 3.05) is 5.32 Å². The summed E-state index contributed by atoms with van der Waals surface area (Å²) in [5.41, 5.74) is 6.64. The zero-order valence-corrected chi connectivity index (χ0v) is 15.7. The molecule has 1 atom stereocenters. The van der Waals surface area contributed by atoms with Crippen molar-refractivity contribution in [3.63, 3.8) is 0 Å². The molecular weight excluding hydrogens is 367 g/mol. The van der Waals surface area contributed by atoms with Gasteiger partial charge in [-0.05, 0) is 62.9 Å². The van der Waals surface area contributed by atoms with Gasteiger partial charge in [0.1, 0.15) is 17.3 Å². The molecule has 140 valence electrons. The molecule has 3 N–H and O–H groups in total. The summed E-state index contributed by atoms with van der Waals surface area (Å²) in [6, 6.07) is 7.62. The van der Waals surface area contributed by atoms with Gasteiger partial charge >= 0.3 is 0 Å². The second-order valence-electron chi connectivity index (χ2n) is 7.56. The molecule has 2 heterocycles. The Kier molecular flexibility index (Phi) is 4.18. The van der Waals surface area contributed by atoms with E-state index in [-0.39, 0.29) is 16.9 Å². The molecule has 1 saturated carbocycles. The van der Waals surface area contributed by atoms with Crippen molar-refractivity contribution in [2.45, 2.75) is 38.1 Å². The molecule has 1 fully saturated rings. The van der Waals surface area contributed by atoms with Gasteiger partial charge in [0.2, 0.25) is 0 Å². The van der Waals surface area contributed by atoms with Crippen LogP contribution in [0.5, 0.6) is 0 Å². The Morgan fingerprint density at radius 3 is 2.59 bits per heavy atom. The first kappa shape index (κ1) is 17.9. The minimum Gasteiger partial charge on any atom is -0.387 e. The smallest absolute Gasteiger partial charge is 0.274 e. The molecule has 0 radical (unpaired) electrons. The van der Waals surface area contributed by atoms with Crippen LogP contribution in [-0.4, -0.2) is 16.7 Å². The van der Waals surface area contributed by atoms with Crippen molar-refractivity contribution >= 4 is 29.0 Å². The predicted molar refractivity (Wildman–Crippen MR) is 103 cm³/mol. The molecule has 4 rings (SSSR count). The summed E-state index contributed by atoms with van der Waals surface area (Å²) in [5, 5.41) is 3.20. The lowest BCUT2D eigenvalue weighted by atomic mass is 9.80. The van der Waals surface area contributed by atoms with E-state index in [4.69, 9.17) is 17.3 Å². The average Bonchev–Trinajstić information content (AvgIpc) is 3.42. The minimum absolute atomic E-state index is 0.0437. The van der Waals surface area contributed by atoms with Crippen LogP contribution in [0.3, 0.4) is 0 Å². The first-order valence-electron chi connectivity index (χ1n) is 8.90. The minimum atomic E-state index is -0.735. The molecule has 0 unspecified atom stereocenters. The standard InChI is InChI=1S/C20H20ClFN4O/c1-19(6-7-20(8-9-20)18(23)26-19)14-10-13(3-4-15(14)22)25-17(27)16-5-2-12(21)11-24-16/h2-5,10-11H,6-9H2,1H3,(H2,23,26)(H,25,27)/t19-/m0/s1. The Hall–Kier alpha value is -2.47. The second kappa shape index (κ2) is 6.30. The number of nitrogens with zero attached hydrogens (tertiary/aromatic N) is 2. The summed E-state index contributed by atoms with van der Waals surface area (Å²) in [4.78, 5) is 21.0. The lowest BCUT2D eigenvalue weighted by Crippen LogP contribution is -2.37. The van der Waals surface area contributed by atoms with Crippen molar-refractivity contribution in [2.24, 2.45) is 16.1 Å². The number of aromatic nitrogens is 1. The highest BCUT2D eigenvalue weighted by Gasteiger charge is 2.51. The van der Waals surface area contributed by atoms with Gasteiger partial charge in [0.25, 0.3) is 5.91 Å². The van der Waals surface area contributed by atoms with Gasteiger partial charge in [-0.3, -0.25) is 9.79 Å². The molecule has 1 aliphatic carbocycles. The molecule has 1 aliphatic heterocycles. The number of aliphatic imine (C=N–C) groups is 1. The van der Waals surface area contributed by atoms with E-state index in [2.05, 4.69) is 15.3 Å². The van der Waals surface area contributed by atoms with Gasteiger partial charge in [-0.15, -0.1) is 0 Å². The van der Waals surface area contributed by atoms with Crippen LogP contribution in [0.25, 0.3) is 0 Å². The third kappa shape index (κ3) is 3.30. The van der Waals surface area contributed by atoms with Crippen molar-refractivity contribution < 1.29 is 9.18 Å². The first-order valence-corrected chi connectivity index (χ1v) is 9.28. The summed E-state index contributed by atoms with van der Waals surface area (Å²) in [5.74, 6) is -0.128. The van der Waals surface area contributed by atoms with E-state index in [1.165, 1.54) is 24.4 Å². The number of carbonyl (C=O) groups excluding carboxylic acids is 1. The van der Waals surface area contributed by atoms with E-state index >= 15 is 0 Å². The highest BCUT2D eigenvalue weighted by molar-refractivity contribution is 6.30. The molecule has 2 aromatic rings. The largest absolute Gasteiger partial charge is 0.387 e. The molecule has 2 aliphatic rings. The molecule has 0 saturated heterocycles. The van der Waals surface area contributed by atoms with E-state index < -0.39 is 11.4 Å². The van der Waals surface area contributed by atoms with Gasteiger partial charge in [0.05, 0.1) is 10.6 Å². The maximum absolute atomic E-state index is 14.6. The fourth-order valence-electron chi connectivity index (χ4n) is 3.62. The van der Waals surface area contributed by atoms with Crippen LogP contribution in [-0.2, 0) is 5.54 Å². The molecule has 1 spiro atoms. The number of hydrogen-bond donors (Lipinski definition) is 2. The summed E-state index contributed by atoms with van der Waals surface area (Å²) in [7, 11) is 0. The lowest BCUT2D eigenvalue weighted by Gasteiger charge is -2.34. The van der Waals surface area contributed by atoms with Gasteiger partial charge in [-0.2, -0.15) is 0 Å².